The number of nitrogens with zero attached hydrogens (tertiary/aromatic N) is 2. The van der Waals surface area contributed by atoms with E-state index in [9.17, 15) is 12.8 Å². The van der Waals surface area contributed by atoms with Gasteiger partial charge in [0.15, 0.2) is 0 Å². The Bertz CT molecular complexity index is 813. The Labute approximate surface area is 143 Å². The van der Waals surface area contributed by atoms with Gasteiger partial charge in [-0.1, -0.05) is 46.3 Å². The summed E-state index contributed by atoms with van der Waals surface area (Å²) in [6, 6.07) is 13.3. The normalized spacial score (nSPS) is 16.3. The minimum atomic E-state index is -3.82. The maximum absolute atomic E-state index is 14.1. The van der Waals surface area contributed by atoms with Crippen LogP contribution in [0.15, 0.2) is 48.5 Å². The first-order valence-electron chi connectivity index (χ1n) is 7.24. The summed E-state index contributed by atoms with van der Waals surface area (Å²) >= 11 is 3.33. The van der Waals surface area contributed by atoms with Gasteiger partial charge in [-0.05, 0) is 30.2 Å². The predicted molar refractivity (Wildman–Crippen MR) is 93.7 cm³/mol. The van der Waals surface area contributed by atoms with Gasteiger partial charge >= 0.3 is 10.2 Å². The van der Waals surface area contributed by atoms with Gasteiger partial charge in [0.05, 0.1) is 17.9 Å². The van der Waals surface area contributed by atoms with Crippen molar-refractivity contribution in [3.8, 4) is 0 Å². The number of fused-ring (bicyclic) bond motifs is 1. The average molecular weight is 399 g/mol. The van der Waals surface area contributed by atoms with E-state index in [0.29, 0.717) is 24.0 Å². The molecule has 0 unspecified atom stereocenters. The quantitative estimate of drug-likeness (QED) is 0.736. The zero-order valence-electron chi connectivity index (χ0n) is 12.3. The van der Waals surface area contributed by atoms with Crippen LogP contribution in [-0.4, -0.2) is 20.3 Å². The van der Waals surface area contributed by atoms with Crippen molar-refractivity contribution < 1.29 is 12.8 Å². The van der Waals surface area contributed by atoms with Crippen LogP contribution in [-0.2, 0) is 16.8 Å². The van der Waals surface area contributed by atoms with Crippen molar-refractivity contribution in [2.24, 2.45) is 0 Å². The molecule has 23 heavy (non-hydrogen) atoms. The molecule has 0 saturated heterocycles. The van der Waals surface area contributed by atoms with Crippen LogP contribution in [0.2, 0.25) is 0 Å². The molecule has 1 aliphatic rings. The SMILES string of the molecule is O=S1(=O)N(c2ccccc2F)Cc2ccccc2N1CCCBr. The van der Waals surface area contributed by atoms with Gasteiger partial charge in [-0.25, -0.2) is 8.70 Å². The third-order valence-corrected chi connectivity index (χ3v) is 6.13. The molecule has 0 amide bonds. The number of para-hydroxylation sites is 2. The molecular weight excluding hydrogens is 383 g/mol. The van der Waals surface area contributed by atoms with Crippen molar-refractivity contribution in [2.45, 2.75) is 13.0 Å². The number of halogens is 2. The van der Waals surface area contributed by atoms with Gasteiger partial charge in [-0.3, -0.25) is 4.31 Å². The van der Waals surface area contributed by atoms with E-state index < -0.39 is 16.0 Å². The van der Waals surface area contributed by atoms with Gasteiger partial charge < -0.3 is 0 Å². The van der Waals surface area contributed by atoms with E-state index in [1.165, 1.54) is 16.4 Å². The first kappa shape index (κ1) is 16.3. The number of anilines is 2. The number of hydrogen-bond donors (Lipinski definition) is 0. The molecule has 2 aromatic carbocycles. The lowest BCUT2D eigenvalue weighted by molar-refractivity contribution is 0.575. The van der Waals surface area contributed by atoms with Crippen LogP contribution in [0.25, 0.3) is 0 Å². The molecule has 0 fully saturated rings. The molecule has 1 aliphatic heterocycles. The second-order valence-corrected chi connectivity index (χ2v) is 7.78. The van der Waals surface area contributed by atoms with Crippen molar-refractivity contribution >= 4 is 37.5 Å². The Morgan fingerprint density at radius 3 is 2.39 bits per heavy atom. The summed E-state index contributed by atoms with van der Waals surface area (Å²) in [5.74, 6) is -0.545. The van der Waals surface area contributed by atoms with Crippen LogP contribution in [0.4, 0.5) is 15.8 Å². The largest absolute Gasteiger partial charge is 0.326 e. The number of benzene rings is 2. The van der Waals surface area contributed by atoms with Gasteiger partial charge in [-0.15, -0.1) is 0 Å². The van der Waals surface area contributed by atoms with Gasteiger partial charge in [0.25, 0.3) is 0 Å². The molecule has 2 aromatic rings. The van der Waals surface area contributed by atoms with E-state index in [1.54, 1.807) is 18.2 Å². The van der Waals surface area contributed by atoms with Crippen molar-refractivity contribution in [1.29, 1.82) is 0 Å². The summed E-state index contributed by atoms with van der Waals surface area (Å²) in [5, 5.41) is 0.695. The fourth-order valence-corrected chi connectivity index (χ4v) is 4.64. The Kier molecular flexibility index (Phi) is 4.59. The molecule has 7 heteroatoms. The number of rotatable bonds is 4. The Hall–Kier alpha value is -1.60. The molecule has 0 atom stereocenters. The van der Waals surface area contributed by atoms with Crippen LogP contribution in [0.1, 0.15) is 12.0 Å². The smallest absolute Gasteiger partial charge is 0.253 e. The minimum absolute atomic E-state index is 0.0749. The van der Waals surface area contributed by atoms with Gasteiger partial charge in [0, 0.05) is 11.9 Å². The van der Waals surface area contributed by atoms with Crippen molar-refractivity contribution in [2.75, 3.05) is 20.5 Å². The van der Waals surface area contributed by atoms with Crippen LogP contribution < -0.4 is 8.61 Å². The van der Waals surface area contributed by atoms with Gasteiger partial charge in [-0.2, -0.15) is 8.42 Å². The Morgan fingerprint density at radius 2 is 1.70 bits per heavy atom. The molecule has 0 spiro atoms. The van der Waals surface area contributed by atoms with Crippen LogP contribution >= 0.6 is 15.9 Å². The Balaban J connectivity index is 2.12. The summed E-state index contributed by atoms with van der Waals surface area (Å²) in [7, 11) is -3.82. The molecule has 0 saturated carbocycles. The summed E-state index contributed by atoms with van der Waals surface area (Å²) < 4.78 is 42.6. The minimum Gasteiger partial charge on any atom is -0.253 e. The second kappa shape index (κ2) is 6.49. The van der Waals surface area contributed by atoms with E-state index in [1.807, 2.05) is 18.2 Å². The van der Waals surface area contributed by atoms with E-state index in [-0.39, 0.29) is 12.2 Å². The highest BCUT2D eigenvalue weighted by atomic mass is 79.9. The topological polar surface area (TPSA) is 40.6 Å². The third kappa shape index (κ3) is 2.95. The third-order valence-electron chi connectivity index (χ3n) is 3.75. The average Bonchev–Trinajstić information content (AvgIpc) is 2.54. The summed E-state index contributed by atoms with van der Waals surface area (Å²) in [5.41, 5.74) is 1.60. The van der Waals surface area contributed by atoms with E-state index in [2.05, 4.69) is 15.9 Å². The molecule has 3 rings (SSSR count). The fourth-order valence-electron chi connectivity index (χ4n) is 2.67. The maximum atomic E-state index is 14.1. The second-order valence-electron chi connectivity index (χ2n) is 5.21. The van der Waals surface area contributed by atoms with Crippen LogP contribution in [0.3, 0.4) is 0 Å². The van der Waals surface area contributed by atoms with E-state index in [0.717, 1.165) is 9.87 Å². The molecule has 0 aromatic heterocycles. The van der Waals surface area contributed by atoms with E-state index >= 15 is 0 Å². The lowest BCUT2D eigenvalue weighted by Gasteiger charge is -2.38. The number of hydrogen-bond acceptors (Lipinski definition) is 2. The van der Waals surface area contributed by atoms with E-state index in [4.69, 9.17) is 0 Å². The zero-order chi connectivity index (χ0) is 16.4. The lowest BCUT2D eigenvalue weighted by atomic mass is 10.1. The molecule has 0 N–H and O–H groups in total. The highest BCUT2D eigenvalue weighted by Crippen LogP contribution is 2.36. The first-order chi connectivity index (χ1) is 11.1. The van der Waals surface area contributed by atoms with Crippen molar-refractivity contribution in [3.63, 3.8) is 0 Å². The highest BCUT2D eigenvalue weighted by Gasteiger charge is 2.37. The molecule has 0 aliphatic carbocycles. The summed E-state index contributed by atoms with van der Waals surface area (Å²) in [6.07, 6.45) is 0.665. The van der Waals surface area contributed by atoms with Gasteiger partial charge in [0.1, 0.15) is 5.82 Å². The summed E-state index contributed by atoms with van der Waals surface area (Å²) in [4.78, 5) is 0. The van der Waals surface area contributed by atoms with Crippen molar-refractivity contribution in [3.05, 3.63) is 59.9 Å². The standard InChI is InChI=1S/C16H16BrFN2O2S/c17-10-5-11-19-15-8-3-1-6-13(15)12-20(23(19,21)22)16-9-4-2-7-14(16)18/h1-4,6-9H,5,10-12H2. The molecule has 0 radical (unpaired) electrons. The first-order valence-corrected chi connectivity index (χ1v) is 9.76. The maximum Gasteiger partial charge on any atom is 0.326 e. The fraction of sp³-hybridized carbons (Fsp3) is 0.250. The van der Waals surface area contributed by atoms with Gasteiger partial charge in [0.2, 0.25) is 0 Å². The summed E-state index contributed by atoms with van der Waals surface area (Å²) in [6.45, 7) is 0.472. The van der Waals surface area contributed by atoms with Crippen LogP contribution in [0.5, 0.6) is 0 Å². The Morgan fingerprint density at radius 1 is 1.04 bits per heavy atom. The lowest BCUT2D eigenvalue weighted by Crippen LogP contribution is -2.48. The monoisotopic (exact) mass is 398 g/mol. The molecule has 122 valence electrons. The highest BCUT2D eigenvalue weighted by molar-refractivity contribution is 9.09. The predicted octanol–water partition coefficient (Wildman–Crippen LogP) is 3.68. The zero-order valence-corrected chi connectivity index (χ0v) is 14.7. The molecule has 4 nitrogen and oxygen atoms in total. The molecule has 1 heterocycles. The van der Waals surface area contributed by atoms with Crippen molar-refractivity contribution in [1.82, 2.24) is 0 Å². The van der Waals surface area contributed by atoms with Crippen LogP contribution in [0, 0.1) is 5.82 Å². The molecular formula is C16H16BrFN2O2S. The number of alkyl halides is 1. The molecule has 0 bridgehead atoms.